The maximum Gasteiger partial charge on any atom is 0.257 e. The highest BCUT2D eigenvalue weighted by Crippen LogP contribution is 2.22. The fourth-order valence-electron chi connectivity index (χ4n) is 2.94. The molecule has 1 aliphatic heterocycles. The lowest BCUT2D eigenvalue weighted by atomic mass is 10.1. The van der Waals surface area contributed by atoms with Gasteiger partial charge in [0.1, 0.15) is 0 Å². The van der Waals surface area contributed by atoms with Crippen LogP contribution in [0.15, 0.2) is 31.0 Å². The minimum Gasteiger partial charge on any atom is -0.339 e. The van der Waals surface area contributed by atoms with Crippen LogP contribution in [0.25, 0.3) is 11.3 Å². The average Bonchev–Trinajstić information content (AvgIpc) is 3.35. The Morgan fingerprint density at radius 3 is 2.71 bits per heavy atom. The maximum atomic E-state index is 12.9. The molecule has 0 aliphatic carbocycles. The second-order valence-electron chi connectivity index (χ2n) is 5.75. The minimum absolute atomic E-state index is 0.0123. The van der Waals surface area contributed by atoms with Gasteiger partial charge in [0.2, 0.25) is 5.95 Å². The van der Waals surface area contributed by atoms with E-state index >= 15 is 0 Å². The van der Waals surface area contributed by atoms with Gasteiger partial charge in [0.25, 0.3) is 5.91 Å². The van der Waals surface area contributed by atoms with Crippen LogP contribution in [-0.4, -0.2) is 66.9 Å². The smallest absolute Gasteiger partial charge is 0.257 e. The Kier molecular flexibility index (Phi) is 3.52. The highest BCUT2D eigenvalue weighted by Gasteiger charge is 2.26. The molecule has 1 aliphatic rings. The number of hydrogen-bond donors (Lipinski definition) is 2. The molecule has 0 saturated carbocycles. The number of carbonyl (C=O) groups is 1. The van der Waals surface area contributed by atoms with E-state index in [4.69, 9.17) is 0 Å². The molecule has 24 heavy (non-hydrogen) atoms. The molecule has 1 amide bonds. The van der Waals surface area contributed by atoms with Gasteiger partial charge in [-0.05, 0) is 0 Å². The third-order valence-electron chi connectivity index (χ3n) is 4.21. The van der Waals surface area contributed by atoms with Gasteiger partial charge in [0.05, 0.1) is 23.7 Å². The average molecular weight is 326 g/mol. The first-order valence-corrected chi connectivity index (χ1v) is 7.78. The number of aryl methyl sites for hydroxylation is 1. The highest BCUT2D eigenvalue weighted by atomic mass is 16.2. The first kappa shape index (κ1) is 14.5. The van der Waals surface area contributed by atoms with Gasteiger partial charge in [-0.15, -0.1) is 0 Å². The Balaban J connectivity index is 1.49. The van der Waals surface area contributed by atoms with Crippen LogP contribution in [-0.2, 0) is 7.05 Å². The molecule has 9 nitrogen and oxygen atoms in total. The van der Waals surface area contributed by atoms with Gasteiger partial charge < -0.3 is 14.8 Å². The van der Waals surface area contributed by atoms with Crippen LogP contribution in [0.2, 0.25) is 0 Å². The number of aromatic amines is 2. The summed E-state index contributed by atoms with van der Waals surface area (Å²) < 4.78 is 1.70. The normalized spacial score (nSPS) is 15.0. The first-order chi connectivity index (χ1) is 11.7. The number of aromatic nitrogens is 6. The van der Waals surface area contributed by atoms with Crippen molar-refractivity contribution in [3.63, 3.8) is 0 Å². The zero-order valence-corrected chi connectivity index (χ0v) is 13.3. The van der Waals surface area contributed by atoms with E-state index in [0.717, 1.165) is 24.6 Å². The zero-order valence-electron chi connectivity index (χ0n) is 13.3. The molecule has 0 radical (unpaired) electrons. The molecular weight excluding hydrogens is 308 g/mol. The Labute approximate surface area is 138 Å². The molecule has 2 N–H and O–H groups in total. The summed E-state index contributed by atoms with van der Waals surface area (Å²) in [6, 6.07) is 0. The molecule has 0 aromatic carbocycles. The second-order valence-corrected chi connectivity index (χ2v) is 5.75. The van der Waals surface area contributed by atoms with Crippen LogP contribution in [0.5, 0.6) is 0 Å². The van der Waals surface area contributed by atoms with Crippen molar-refractivity contribution in [2.45, 2.75) is 0 Å². The molecule has 0 spiro atoms. The molecule has 4 rings (SSSR count). The van der Waals surface area contributed by atoms with Gasteiger partial charge in [-0.25, -0.2) is 4.98 Å². The van der Waals surface area contributed by atoms with E-state index in [1.165, 1.54) is 0 Å². The maximum absolute atomic E-state index is 12.9. The number of imidazole rings is 1. The second kappa shape index (κ2) is 5.84. The van der Waals surface area contributed by atoms with Crippen LogP contribution < -0.4 is 4.90 Å². The van der Waals surface area contributed by atoms with Gasteiger partial charge in [-0.2, -0.15) is 10.2 Å². The number of carbonyl (C=O) groups excluding carboxylic acids is 1. The topological polar surface area (TPSA) is 98.7 Å². The Morgan fingerprint density at radius 1 is 1.21 bits per heavy atom. The molecule has 124 valence electrons. The van der Waals surface area contributed by atoms with Gasteiger partial charge in [0.15, 0.2) is 0 Å². The van der Waals surface area contributed by atoms with E-state index in [2.05, 4.69) is 30.2 Å². The molecule has 3 aromatic heterocycles. The summed E-state index contributed by atoms with van der Waals surface area (Å²) >= 11 is 0. The quantitative estimate of drug-likeness (QED) is 0.730. The summed E-state index contributed by atoms with van der Waals surface area (Å²) in [7, 11) is 1.84. The Hall–Kier alpha value is -3.10. The molecule has 1 fully saturated rings. The largest absolute Gasteiger partial charge is 0.339 e. The Morgan fingerprint density at radius 2 is 2.04 bits per heavy atom. The fourth-order valence-corrected chi connectivity index (χ4v) is 2.94. The molecule has 3 aromatic rings. The summed E-state index contributed by atoms with van der Waals surface area (Å²) in [6.45, 7) is 2.80. The number of hydrogen-bond acceptors (Lipinski definition) is 5. The van der Waals surface area contributed by atoms with Gasteiger partial charge in [0, 0.05) is 57.4 Å². The summed E-state index contributed by atoms with van der Waals surface area (Å²) in [5, 5.41) is 11.1. The van der Waals surface area contributed by atoms with Crippen LogP contribution in [0, 0.1) is 0 Å². The summed E-state index contributed by atoms with van der Waals surface area (Å²) in [6.07, 6.45) is 8.71. The van der Waals surface area contributed by atoms with Crippen molar-refractivity contribution in [1.29, 1.82) is 0 Å². The monoisotopic (exact) mass is 326 g/mol. The molecular formula is C15H18N8O. The number of nitrogens with zero attached hydrogens (tertiary/aromatic N) is 6. The zero-order chi connectivity index (χ0) is 16.5. The molecule has 0 bridgehead atoms. The molecule has 4 heterocycles. The Bertz CT molecular complexity index is 825. The van der Waals surface area contributed by atoms with E-state index in [9.17, 15) is 4.79 Å². The predicted octanol–water partition coefficient (Wildman–Crippen LogP) is 0.496. The highest BCUT2D eigenvalue weighted by molar-refractivity contribution is 5.99. The van der Waals surface area contributed by atoms with Crippen molar-refractivity contribution >= 4 is 11.9 Å². The van der Waals surface area contributed by atoms with E-state index in [1.54, 1.807) is 29.5 Å². The third kappa shape index (κ3) is 2.53. The van der Waals surface area contributed by atoms with Gasteiger partial charge in [-0.3, -0.25) is 14.6 Å². The van der Waals surface area contributed by atoms with Crippen molar-refractivity contribution in [2.75, 3.05) is 31.1 Å². The SMILES string of the molecule is Cn1cc(-c2[nH]ncc2C(=O)N2CCN(c3ncc[nH]3)CC2)cn1. The summed E-state index contributed by atoms with van der Waals surface area (Å²) in [5.74, 6) is 0.836. The van der Waals surface area contributed by atoms with Crippen LogP contribution in [0.3, 0.4) is 0 Å². The first-order valence-electron chi connectivity index (χ1n) is 7.78. The summed E-state index contributed by atoms with van der Waals surface area (Å²) in [5.41, 5.74) is 2.14. The van der Waals surface area contributed by atoms with Crippen LogP contribution in [0.1, 0.15) is 10.4 Å². The molecule has 0 atom stereocenters. The van der Waals surface area contributed by atoms with Crippen molar-refractivity contribution < 1.29 is 4.79 Å². The number of rotatable bonds is 3. The summed E-state index contributed by atoms with van der Waals surface area (Å²) in [4.78, 5) is 24.2. The van der Waals surface area contributed by atoms with E-state index in [-0.39, 0.29) is 5.91 Å². The van der Waals surface area contributed by atoms with Crippen LogP contribution >= 0.6 is 0 Å². The lowest BCUT2D eigenvalue weighted by Crippen LogP contribution is -2.49. The van der Waals surface area contributed by atoms with Gasteiger partial charge in [-0.1, -0.05) is 0 Å². The van der Waals surface area contributed by atoms with Crippen molar-refractivity contribution in [1.82, 2.24) is 34.8 Å². The van der Waals surface area contributed by atoms with E-state index in [0.29, 0.717) is 24.3 Å². The van der Waals surface area contributed by atoms with Crippen molar-refractivity contribution in [2.24, 2.45) is 7.05 Å². The van der Waals surface area contributed by atoms with Crippen molar-refractivity contribution in [3.05, 3.63) is 36.5 Å². The molecule has 0 unspecified atom stereocenters. The molecule has 1 saturated heterocycles. The lowest BCUT2D eigenvalue weighted by Gasteiger charge is -2.34. The fraction of sp³-hybridized carbons (Fsp3) is 0.333. The third-order valence-corrected chi connectivity index (χ3v) is 4.21. The number of H-pyrrole nitrogens is 2. The van der Waals surface area contributed by atoms with Crippen molar-refractivity contribution in [3.8, 4) is 11.3 Å². The minimum atomic E-state index is -0.0123. The van der Waals surface area contributed by atoms with E-state index in [1.807, 2.05) is 18.1 Å². The number of amides is 1. The number of piperazine rings is 1. The van der Waals surface area contributed by atoms with Gasteiger partial charge >= 0.3 is 0 Å². The van der Waals surface area contributed by atoms with Crippen LogP contribution in [0.4, 0.5) is 5.95 Å². The standard InChI is InChI=1S/C15H18N8O/c1-21-10-11(8-19-21)13-12(9-18-20-13)14(24)22-4-6-23(7-5-22)15-16-2-3-17-15/h2-3,8-10H,4-7H2,1H3,(H,16,17)(H,18,20). The molecule has 9 heteroatoms. The number of nitrogens with one attached hydrogen (secondary N) is 2. The van der Waals surface area contributed by atoms with E-state index < -0.39 is 0 Å². The number of anilines is 1. The predicted molar refractivity (Wildman–Crippen MR) is 87.5 cm³/mol. The lowest BCUT2D eigenvalue weighted by molar-refractivity contribution is 0.0747.